The van der Waals surface area contributed by atoms with Gasteiger partial charge in [-0.15, -0.1) is 0 Å². The fourth-order valence-electron chi connectivity index (χ4n) is 4.18. The van der Waals surface area contributed by atoms with E-state index in [1.54, 1.807) is 16.8 Å². The summed E-state index contributed by atoms with van der Waals surface area (Å²) < 4.78 is 0. The average Bonchev–Trinajstić information content (AvgIpc) is 3.24. The Kier molecular flexibility index (Phi) is 6.89. The van der Waals surface area contributed by atoms with Crippen molar-refractivity contribution in [2.75, 3.05) is 18.9 Å². The number of hydrogen-bond donors (Lipinski definition) is 1. The van der Waals surface area contributed by atoms with Crippen LogP contribution in [0.25, 0.3) is 6.08 Å². The highest BCUT2D eigenvalue weighted by Gasteiger charge is 2.38. The van der Waals surface area contributed by atoms with E-state index in [-0.39, 0.29) is 11.9 Å². The molecule has 3 amide bonds. The molecule has 0 spiro atoms. The number of anilines is 1. The number of amides is 3. The van der Waals surface area contributed by atoms with Gasteiger partial charge in [-0.3, -0.25) is 4.79 Å². The summed E-state index contributed by atoms with van der Waals surface area (Å²) >= 11 is 0. The molecule has 1 heterocycles. The van der Waals surface area contributed by atoms with Crippen LogP contribution >= 0.6 is 0 Å². The van der Waals surface area contributed by atoms with Gasteiger partial charge in [-0.25, -0.2) is 4.79 Å². The van der Waals surface area contributed by atoms with Crippen LogP contribution in [0.5, 0.6) is 0 Å². The molecule has 33 heavy (non-hydrogen) atoms. The first-order valence-electron chi connectivity index (χ1n) is 11.2. The molecule has 1 atom stereocenters. The summed E-state index contributed by atoms with van der Waals surface area (Å²) in [5.41, 5.74) is 4.98. The Morgan fingerprint density at radius 2 is 1.70 bits per heavy atom. The van der Waals surface area contributed by atoms with Gasteiger partial charge in [0, 0.05) is 25.8 Å². The van der Waals surface area contributed by atoms with Gasteiger partial charge < -0.3 is 15.1 Å². The number of nitrogens with zero attached hydrogens (tertiary/aromatic N) is 2. The van der Waals surface area contributed by atoms with Gasteiger partial charge >= 0.3 is 6.03 Å². The Morgan fingerprint density at radius 3 is 2.39 bits per heavy atom. The Morgan fingerprint density at radius 1 is 1.00 bits per heavy atom. The number of carbonyl (C=O) groups excluding carboxylic acids is 2. The minimum absolute atomic E-state index is 0.0605. The number of carbonyl (C=O) groups is 2. The van der Waals surface area contributed by atoms with Gasteiger partial charge in [0.15, 0.2) is 0 Å². The van der Waals surface area contributed by atoms with E-state index in [0.717, 1.165) is 28.0 Å². The maximum Gasteiger partial charge on any atom is 0.322 e. The lowest BCUT2D eigenvalue weighted by atomic mass is 10.1. The molecular weight excluding hydrogens is 410 g/mol. The van der Waals surface area contributed by atoms with Gasteiger partial charge in [0.05, 0.1) is 0 Å². The summed E-state index contributed by atoms with van der Waals surface area (Å²) in [5.74, 6) is -0.0605. The van der Waals surface area contributed by atoms with Crippen LogP contribution in [-0.2, 0) is 11.3 Å². The fraction of sp³-hybridized carbons (Fsp3) is 0.214. The first kappa shape index (κ1) is 22.3. The molecule has 1 saturated heterocycles. The van der Waals surface area contributed by atoms with Crippen molar-refractivity contribution in [2.45, 2.75) is 25.9 Å². The number of nitrogens with one attached hydrogen (secondary N) is 1. The number of aryl methyl sites for hydroxylation is 1. The van der Waals surface area contributed by atoms with Crippen LogP contribution in [-0.4, -0.2) is 41.4 Å². The smallest absolute Gasteiger partial charge is 0.322 e. The van der Waals surface area contributed by atoms with E-state index >= 15 is 0 Å². The molecule has 5 nitrogen and oxygen atoms in total. The van der Waals surface area contributed by atoms with Gasteiger partial charge in [-0.1, -0.05) is 78.9 Å². The number of urea groups is 1. The highest BCUT2D eigenvalue weighted by molar-refractivity contribution is 5.95. The van der Waals surface area contributed by atoms with Crippen LogP contribution in [0.2, 0.25) is 0 Å². The molecule has 3 aromatic carbocycles. The van der Waals surface area contributed by atoms with E-state index in [2.05, 4.69) is 11.4 Å². The minimum Gasteiger partial charge on any atom is -0.340 e. The summed E-state index contributed by atoms with van der Waals surface area (Å²) in [5, 5.41) is 2.97. The predicted molar refractivity (Wildman–Crippen MR) is 133 cm³/mol. The molecule has 0 aliphatic carbocycles. The zero-order chi connectivity index (χ0) is 23.2. The Balaban J connectivity index is 1.55. The monoisotopic (exact) mass is 439 g/mol. The molecule has 5 heteroatoms. The standard InChI is InChI=1S/C28H29N3O2/c1-21-10-9-15-25(16-21)29-28(33)31-20-24(17-22-11-5-3-6-12-22)18-26(31)27(32)30(2)19-23-13-7-4-8-14-23/h3-17,26H,18-20H2,1-2H3,(H,29,33)/t26-/m0/s1. The highest BCUT2D eigenvalue weighted by Crippen LogP contribution is 2.27. The number of rotatable bonds is 5. The quantitative estimate of drug-likeness (QED) is 0.583. The van der Waals surface area contributed by atoms with Gasteiger partial charge in [0.25, 0.3) is 0 Å². The normalized spacial score (nSPS) is 16.6. The van der Waals surface area contributed by atoms with E-state index in [9.17, 15) is 9.59 Å². The topological polar surface area (TPSA) is 52.7 Å². The van der Waals surface area contributed by atoms with Gasteiger partial charge in [0.1, 0.15) is 6.04 Å². The van der Waals surface area contributed by atoms with Crippen molar-refractivity contribution in [3.05, 3.63) is 107 Å². The number of benzene rings is 3. The highest BCUT2D eigenvalue weighted by atomic mass is 16.2. The van der Waals surface area contributed by atoms with Crippen molar-refractivity contribution >= 4 is 23.7 Å². The maximum atomic E-state index is 13.4. The van der Waals surface area contributed by atoms with E-state index in [1.807, 2.05) is 91.9 Å². The van der Waals surface area contributed by atoms with Gasteiger partial charge in [-0.05, 0) is 47.7 Å². The summed E-state index contributed by atoms with van der Waals surface area (Å²) in [6.45, 7) is 2.90. The summed E-state index contributed by atoms with van der Waals surface area (Å²) in [6, 6.07) is 26.8. The maximum absolute atomic E-state index is 13.4. The third kappa shape index (κ3) is 5.69. The second-order valence-corrected chi connectivity index (χ2v) is 8.54. The molecule has 0 radical (unpaired) electrons. The molecule has 1 N–H and O–H groups in total. The molecule has 1 aliphatic rings. The third-order valence-corrected chi connectivity index (χ3v) is 5.83. The lowest BCUT2D eigenvalue weighted by molar-refractivity contribution is -0.134. The zero-order valence-electron chi connectivity index (χ0n) is 19.1. The largest absolute Gasteiger partial charge is 0.340 e. The van der Waals surface area contributed by atoms with Gasteiger partial charge in [-0.2, -0.15) is 0 Å². The third-order valence-electron chi connectivity index (χ3n) is 5.83. The molecule has 168 valence electrons. The average molecular weight is 440 g/mol. The number of likely N-dealkylation sites (tertiary alicyclic amines) is 1. The first-order chi connectivity index (χ1) is 16.0. The van der Waals surface area contributed by atoms with Gasteiger partial charge in [0.2, 0.25) is 5.91 Å². The van der Waals surface area contributed by atoms with E-state index < -0.39 is 6.04 Å². The van der Waals surface area contributed by atoms with Crippen LogP contribution in [0.4, 0.5) is 10.5 Å². The number of hydrogen-bond acceptors (Lipinski definition) is 2. The second-order valence-electron chi connectivity index (χ2n) is 8.54. The Bertz CT molecular complexity index is 1140. The Labute approximate surface area is 195 Å². The van der Waals surface area contributed by atoms with Crippen molar-refractivity contribution in [1.29, 1.82) is 0 Å². The van der Waals surface area contributed by atoms with Crippen LogP contribution in [0.1, 0.15) is 23.1 Å². The van der Waals surface area contributed by atoms with Crippen LogP contribution < -0.4 is 5.32 Å². The van der Waals surface area contributed by atoms with E-state index in [0.29, 0.717) is 19.5 Å². The zero-order valence-corrected chi connectivity index (χ0v) is 19.1. The molecular formula is C28H29N3O2. The summed E-state index contributed by atoms with van der Waals surface area (Å²) in [7, 11) is 1.80. The Hall–Kier alpha value is -3.86. The second kappa shape index (κ2) is 10.2. The molecule has 4 rings (SSSR count). The van der Waals surface area contributed by atoms with Crippen LogP contribution in [0, 0.1) is 6.92 Å². The number of likely N-dealkylation sites (N-methyl/N-ethyl adjacent to an activating group) is 1. The lowest BCUT2D eigenvalue weighted by Gasteiger charge is -2.28. The molecule has 1 fully saturated rings. The molecule has 1 aliphatic heterocycles. The summed E-state index contributed by atoms with van der Waals surface area (Å²) in [4.78, 5) is 30.0. The van der Waals surface area contributed by atoms with Crippen molar-refractivity contribution < 1.29 is 9.59 Å². The molecule has 0 bridgehead atoms. The van der Waals surface area contributed by atoms with Crippen molar-refractivity contribution in [3.8, 4) is 0 Å². The minimum atomic E-state index is -0.543. The SMILES string of the molecule is Cc1cccc(NC(=O)N2CC(=Cc3ccccc3)C[C@H]2C(=O)N(C)Cc2ccccc2)c1. The van der Waals surface area contributed by atoms with Crippen molar-refractivity contribution in [3.63, 3.8) is 0 Å². The molecule has 0 aromatic heterocycles. The first-order valence-corrected chi connectivity index (χ1v) is 11.2. The summed E-state index contributed by atoms with van der Waals surface area (Å²) in [6.07, 6.45) is 2.60. The van der Waals surface area contributed by atoms with E-state index in [4.69, 9.17) is 0 Å². The predicted octanol–water partition coefficient (Wildman–Crippen LogP) is 5.34. The lowest BCUT2D eigenvalue weighted by Crippen LogP contribution is -2.47. The molecule has 0 saturated carbocycles. The molecule has 0 unspecified atom stereocenters. The molecule has 3 aromatic rings. The van der Waals surface area contributed by atoms with Crippen molar-refractivity contribution in [2.24, 2.45) is 0 Å². The van der Waals surface area contributed by atoms with Crippen molar-refractivity contribution in [1.82, 2.24) is 9.80 Å². The van der Waals surface area contributed by atoms with Crippen LogP contribution in [0.15, 0.2) is 90.5 Å². The fourth-order valence-corrected chi connectivity index (χ4v) is 4.18. The van der Waals surface area contributed by atoms with E-state index in [1.165, 1.54) is 0 Å². The van der Waals surface area contributed by atoms with Crippen LogP contribution in [0.3, 0.4) is 0 Å².